The zero-order valence-electron chi connectivity index (χ0n) is 15.8. The molecular weight excluding hydrogens is 369 g/mol. The highest BCUT2D eigenvalue weighted by Gasteiger charge is 2.32. The molecule has 5 rings (SSSR count). The fourth-order valence-electron chi connectivity index (χ4n) is 3.66. The lowest BCUT2D eigenvalue weighted by Crippen LogP contribution is -2.39. The summed E-state index contributed by atoms with van der Waals surface area (Å²) in [5.74, 6) is 0.660. The normalized spacial score (nSPS) is 15.6. The van der Waals surface area contributed by atoms with E-state index in [0.29, 0.717) is 18.2 Å². The van der Waals surface area contributed by atoms with Crippen molar-refractivity contribution in [1.29, 1.82) is 0 Å². The zero-order valence-corrected chi connectivity index (χ0v) is 15.8. The van der Waals surface area contributed by atoms with Gasteiger partial charge in [-0.3, -0.25) is 9.88 Å². The highest BCUT2D eigenvalue weighted by molar-refractivity contribution is 6.04. The van der Waals surface area contributed by atoms with Crippen LogP contribution < -0.4 is 15.0 Å². The third kappa shape index (κ3) is 3.53. The lowest BCUT2D eigenvalue weighted by atomic mass is 10.0. The van der Waals surface area contributed by atoms with Crippen LogP contribution in [0, 0.1) is 5.82 Å². The smallest absolute Gasteiger partial charge is 0.326 e. The predicted octanol–water partition coefficient (Wildman–Crippen LogP) is 5.23. The van der Waals surface area contributed by atoms with Crippen molar-refractivity contribution in [2.75, 3.05) is 10.2 Å². The quantitative estimate of drug-likeness (QED) is 0.650. The minimum absolute atomic E-state index is 0.0317. The molecule has 3 aromatic rings. The lowest BCUT2D eigenvalue weighted by molar-refractivity contribution is 0.256. The number of halogens is 1. The fraction of sp³-hybridized carbons (Fsp3) is 0.217. The fourth-order valence-corrected chi connectivity index (χ4v) is 3.66. The van der Waals surface area contributed by atoms with Crippen molar-refractivity contribution in [2.45, 2.75) is 31.9 Å². The molecule has 1 aliphatic carbocycles. The van der Waals surface area contributed by atoms with Crippen LogP contribution in [-0.4, -0.2) is 11.0 Å². The van der Waals surface area contributed by atoms with Crippen LogP contribution in [0.3, 0.4) is 0 Å². The van der Waals surface area contributed by atoms with Gasteiger partial charge in [-0.25, -0.2) is 9.18 Å². The van der Waals surface area contributed by atoms with E-state index >= 15 is 0 Å². The Morgan fingerprint density at radius 1 is 1.14 bits per heavy atom. The number of nitrogens with one attached hydrogen (secondary N) is 1. The lowest BCUT2D eigenvalue weighted by Gasteiger charge is -2.31. The Kier molecular flexibility index (Phi) is 4.39. The van der Waals surface area contributed by atoms with E-state index < -0.39 is 5.82 Å². The topological polar surface area (TPSA) is 54.5 Å². The molecule has 0 atom stereocenters. The van der Waals surface area contributed by atoms with Crippen LogP contribution >= 0.6 is 0 Å². The molecule has 2 aromatic carbocycles. The first kappa shape index (κ1) is 17.7. The third-order valence-electron chi connectivity index (χ3n) is 5.35. The number of ether oxygens (including phenoxy) is 1. The maximum atomic E-state index is 13.8. The van der Waals surface area contributed by atoms with Gasteiger partial charge < -0.3 is 10.1 Å². The number of aromatic nitrogens is 1. The molecule has 0 radical (unpaired) electrons. The van der Waals surface area contributed by atoms with Crippen molar-refractivity contribution < 1.29 is 13.9 Å². The van der Waals surface area contributed by atoms with Crippen LogP contribution in [0.2, 0.25) is 0 Å². The molecule has 2 amide bonds. The van der Waals surface area contributed by atoms with Gasteiger partial charge in [-0.05, 0) is 54.2 Å². The third-order valence-corrected chi connectivity index (χ3v) is 5.35. The Morgan fingerprint density at radius 3 is 2.83 bits per heavy atom. The summed E-state index contributed by atoms with van der Waals surface area (Å²) in [6.45, 7) is 0.532. The molecule has 0 bridgehead atoms. The SMILES string of the molecule is O=C1Nc2ccccc2CN1c1cc(OCc2ncccc2F)ccc1C1CC1. The first-order valence-electron chi connectivity index (χ1n) is 9.71. The molecule has 1 N–H and O–H groups in total. The Bertz CT molecular complexity index is 1080. The number of fused-ring (bicyclic) bond motifs is 1. The molecule has 0 spiro atoms. The number of carbonyl (C=O) groups excluding carboxylic acids is 1. The second kappa shape index (κ2) is 7.20. The number of hydrogen-bond donors (Lipinski definition) is 1. The number of pyridine rings is 1. The molecule has 6 heteroatoms. The second-order valence-electron chi connectivity index (χ2n) is 7.39. The number of amides is 2. The van der Waals surface area contributed by atoms with Gasteiger partial charge in [0, 0.05) is 18.0 Å². The van der Waals surface area contributed by atoms with E-state index in [1.54, 1.807) is 17.2 Å². The maximum absolute atomic E-state index is 13.8. The standard InChI is InChI=1S/C23H20FN3O2/c24-19-5-3-11-25-21(19)14-29-17-9-10-18(15-7-8-15)22(12-17)27-13-16-4-1-2-6-20(16)26-23(27)28/h1-6,9-12,15H,7-8,13-14H2,(H,26,28). The van der Waals surface area contributed by atoms with Crippen LogP contribution in [-0.2, 0) is 13.2 Å². The van der Waals surface area contributed by atoms with Crippen LogP contribution in [0.25, 0.3) is 0 Å². The summed E-state index contributed by atoms with van der Waals surface area (Å²) < 4.78 is 19.6. The molecule has 1 aliphatic heterocycles. The van der Waals surface area contributed by atoms with E-state index in [4.69, 9.17) is 4.74 Å². The first-order chi connectivity index (χ1) is 14.2. The van der Waals surface area contributed by atoms with E-state index in [2.05, 4.69) is 10.3 Å². The molecule has 0 saturated heterocycles. The van der Waals surface area contributed by atoms with E-state index in [-0.39, 0.29) is 18.3 Å². The van der Waals surface area contributed by atoms with Crippen molar-refractivity contribution in [2.24, 2.45) is 0 Å². The number of hydrogen-bond acceptors (Lipinski definition) is 3. The van der Waals surface area contributed by atoms with Gasteiger partial charge in [-0.15, -0.1) is 0 Å². The number of rotatable bonds is 5. The van der Waals surface area contributed by atoms with Crippen LogP contribution in [0.1, 0.15) is 35.6 Å². The molecular formula is C23H20FN3O2. The predicted molar refractivity (Wildman–Crippen MR) is 109 cm³/mol. The van der Waals surface area contributed by atoms with Gasteiger partial charge in [-0.1, -0.05) is 24.3 Å². The molecule has 1 aromatic heterocycles. The Morgan fingerprint density at radius 2 is 2.00 bits per heavy atom. The van der Waals surface area contributed by atoms with Crippen LogP contribution in [0.4, 0.5) is 20.6 Å². The van der Waals surface area contributed by atoms with Crippen LogP contribution in [0.5, 0.6) is 5.75 Å². The number of anilines is 2. The summed E-state index contributed by atoms with van der Waals surface area (Å²) in [6, 6.07) is 16.3. The Labute approximate surface area is 168 Å². The highest BCUT2D eigenvalue weighted by Crippen LogP contribution is 2.46. The molecule has 1 fully saturated rings. The van der Waals surface area contributed by atoms with E-state index in [1.807, 2.05) is 42.5 Å². The van der Waals surface area contributed by atoms with E-state index in [1.165, 1.54) is 6.07 Å². The second-order valence-corrected chi connectivity index (χ2v) is 7.39. The average Bonchev–Trinajstić information content (AvgIpc) is 3.58. The van der Waals surface area contributed by atoms with Gasteiger partial charge in [0.2, 0.25) is 0 Å². The summed E-state index contributed by atoms with van der Waals surface area (Å²) in [7, 11) is 0. The number of para-hydroxylation sites is 1. The zero-order chi connectivity index (χ0) is 19.8. The van der Waals surface area contributed by atoms with Crippen LogP contribution in [0.15, 0.2) is 60.8 Å². The molecule has 2 heterocycles. The summed E-state index contributed by atoms with van der Waals surface area (Å²) in [4.78, 5) is 18.6. The summed E-state index contributed by atoms with van der Waals surface area (Å²) in [6.07, 6.45) is 3.79. The van der Waals surface area contributed by atoms with E-state index in [0.717, 1.165) is 35.3 Å². The van der Waals surface area contributed by atoms with Crippen molar-refractivity contribution in [1.82, 2.24) is 4.98 Å². The molecule has 5 nitrogen and oxygen atoms in total. The minimum Gasteiger partial charge on any atom is -0.487 e. The molecule has 2 aliphatic rings. The average molecular weight is 389 g/mol. The van der Waals surface area contributed by atoms with Crippen molar-refractivity contribution in [3.05, 3.63) is 83.4 Å². The largest absolute Gasteiger partial charge is 0.487 e. The van der Waals surface area contributed by atoms with Gasteiger partial charge in [-0.2, -0.15) is 0 Å². The summed E-state index contributed by atoms with van der Waals surface area (Å²) in [5.41, 5.74) is 4.16. The van der Waals surface area contributed by atoms with Gasteiger partial charge >= 0.3 is 6.03 Å². The monoisotopic (exact) mass is 389 g/mol. The van der Waals surface area contributed by atoms with Crippen molar-refractivity contribution in [3.63, 3.8) is 0 Å². The van der Waals surface area contributed by atoms with Gasteiger partial charge in [0.25, 0.3) is 0 Å². The summed E-state index contributed by atoms with van der Waals surface area (Å²) >= 11 is 0. The number of urea groups is 1. The van der Waals surface area contributed by atoms with E-state index in [9.17, 15) is 9.18 Å². The number of benzene rings is 2. The number of nitrogens with zero attached hydrogens (tertiary/aromatic N) is 2. The first-order valence-corrected chi connectivity index (χ1v) is 9.71. The number of carbonyl (C=O) groups is 1. The Hall–Kier alpha value is -3.41. The van der Waals surface area contributed by atoms with Crippen molar-refractivity contribution >= 4 is 17.4 Å². The maximum Gasteiger partial charge on any atom is 0.326 e. The van der Waals surface area contributed by atoms with Crippen molar-refractivity contribution in [3.8, 4) is 5.75 Å². The molecule has 0 unspecified atom stereocenters. The van der Waals surface area contributed by atoms with Gasteiger partial charge in [0.15, 0.2) is 0 Å². The molecule has 146 valence electrons. The highest BCUT2D eigenvalue weighted by atomic mass is 19.1. The van der Waals surface area contributed by atoms with Gasteiger partial charge in [0.1, 0.15) is 23.9 Å². The summed E-state index contributed by atoms with van der Waals surface area (Å²) in [5, 5.41) is 2.97. The minimum atomic E-state index is -0.394. The molecule has 29 heavy (non-hydrogen) atoms. The Balaban J connectivity index is 1.44. The molecule has 1 saturated carbocycles. The van der Waals surface area contributed by atoms with Gasteiger partial charge in [0.05, 0.1) is 12.2 Å².